The summed E-state index contributed by atoms with van der Waals surface area (Å²) < 4.78 is 29.6. The molecule has 0 spiro atoms. The van der Waals surface area contributed by atoms with Gasteiger partial charge >= 0.3 is 0 Å². The van der Waals surface area contributed by atoms with Gasteiger partial charge in [0.05, 0.1) is 66.4 Å². The number of hydrogen-bond acceptors (Lipinski definition) is 14. The molecule has 2 heterocycles. The van der Waals surface area contributed by atoms with Crippen LogP contribution >= 0.6 is 0 Å². The summed E-state index contributed by atoms with van der Waals surface area (Å²) in [5.74, 6) is -3.54. The molecule has 0 bridgehead atoms. The number of aromatic hydroxyl groups is 2. The number of ketones is 3. The van der Waals surface area contributed by atoms with E-state index in [0.29, 0.717) is 0 Å². The van der Waals surface area contributed by atoms with E-state index in [9.17, 15) is 40.3 Å². The van der Waals surface area contributed by atoms with E-state index in [1.165, 1.54) is 25.3 Å². The number of Topliss-reactive ketones (excluding diaryl/α,β-unsaturated/α-hetero) is 1. The quantitative estimate of drug-likeness (QED) is 0.113. The molecule has 0 aromatic heterocycles. The molecule has 18 heteroatoms. The lowest BCUT2D eigenvalue weighted by atomic mass is 9.72. The Morgan fingerprint density at radius 1 is 0.941 bits per heavy atom. The number of benzene rings is 2. The first-order chi connectivity index (χ1) is 24.2. The summed E-state index contributed by atoms with van der Waals surface area (Å²) in [5, 5.41) is 52.7. The molecule has 2 aliphatic carbocycles. The largest absolute Gasteiger partial charge is 0.507 e. The highest BCUT2D eigenvalue weighted by Gasteiger charge is 2.50. The molecule has 0 saturated carbocycles. The summed E-state index contributed by atoms with van der Waals surface area (Å²) in [4.78, 5) is 46.1. The number of azide groups is 2. The third-order valence-electron chi connectivity index (χ3n) is 10.1. The average Bonchev–Trinajstić information content (AvgIpc) is 3.08. The predicted molar refractivity (Wildman–Crippen MR) is 172 cm³/mol. The van der Waals surface area contributed by atoms with Crippen LogP contribution in [-0.2, 0) is 30.2 Å². The van der Waals surface area contributed by atoms with E-state index in [4.69, 9.17) is 29.2 Å². The summed E-state index contributed by atoms with van der Waals surface area (Å²) in [6.07, 6.45) is -8.16. The van der Waals surface area contributed by atoms with Gasteiger partial charge in [-0.3, -0.25) is 14.4 Å². The van der Waals surface area contributed by atoms with Crippen LogP contribution in [0.15, 0.2) is 28.4 Å². The molecule has 2 aromatic rings. The molecule has 2 fully saturated rings. The van der Waals surface area contributed by atoms with E-state index in [0.717, 1.165) is 6.92 Å². The van der Waals surface area contributed by atoms with Crippen molar-refractivity contribution < 1.29 is 58.5 Å². The third kappa shape index (κ3) is 6.15. The summed E-state index contributed by atoms with van der Waals surface area (Å²) >= 11 is 0. The van der Waals surface area contributed by atoms with Gasteiger partial charge in [0, 0.05) is 52.2 Å². The number of nitrogens with zero attached hydrogens (tertiary/aromatic N) is 6. The molecule has 0 radical (unpaired) electrons. The molecule has 4 aliphatic rings. The SMILES string of the molecule is COc1cccc2c1C(=O)c1c(O)c3c(c(O)c1C2=O)C[C@@](O)(C(C)=O)C[C@@H]3O[C@H]1CC(N=[N+]=[N-])[C@H](O[C@H]2CC(N=[N+]=[N-])[C@H](O)[C@H](C)O2)[C@H](C)O1. The molecule has 2 aromatic carbocycles. The first kappa shape index (κ1) is 36.0. The van der Waals surface area contributed by atoms with Crippen molar-refractivity contribution in [1.29, 1.82) is 0 Å². The molecule has 6 rings (SSSR count). The number of phenolic OH excluding ortho intramolecular Hbond substituents is 2. The van der Waals surface area contributed by atoms with Gasteiger partial charge in [-0.2, -0.15) is 0 Å². The van der Waals surface area contributed by atoms with E-state index >= 15 is 0 Å². The molecule has 4 N–H and O–H groups in total. The Morgan fingerprint density at radius 2 is 1.57 bits per heavy atom. The smallest absolute Gasteiger partial charge is 0.202 e. The number of ether oxygens (including phenoxy) is 5. The maximum atomic E-state index is 13.9. The van der Waals surface area contributed by atoms with Gasteiger partial charge in [0.25, 0.3) is 0 Å². The molecular weight excluding hydrogens is 672 g/mol. The van der Waals surface area contributed by atoms with Gasteiger partial charge in [0.2, 0.25) is 5.78 Å². The Labute approximate surface area is 290 Å². The molecule has 10 atom stereocenters. The first-order valence-electron chi connectivity index (χ1n) is 16.2. The number of methoxy groups -OCH3 is 1. The zero-order valence-electron chi connectivity index (χ0n) is 28.0. The molecule has 270 valence electrons. The van der Waals surface area contributed by atoms with Crippen molar-refractivity contribution in [2.75, 3.05) is 7.11 Å². The highest BCUT2D eigenvalue weighted by atomic mass is 16.7. The molecule has 2 saturated heterocycles. The lowest BCUT2D eigenvalue weighted by molar-refractivity contribution is -0.294. The first-order valence-corrected chi connectivity index (χ1v) is 16.2. The van der Waals surface area contributed by atoms with Crippen molar-refractivity contribution in [3.63, 3.8) is 0 Å². The summed E-state index contributed by atoms with van der Waals surface area (Å²) in [6, 6.07) is 2.59. The molecule has 18 nitrogen and oxygen atoms in total. The van der Waals surface area contributed by atoms with Crippen molar-refractivity contribution in [1.82, 2.24) is 0 Å². The number of aliphatic hydroxyl groups is 2. The van der Waals surface area contributed by atoms with Crippen LogP contribution in [0, 0.1) is 0 Å². The topological polar surface area (TPSA) is 276 Å². The Balaban J connectivity index is 1.34. The normalized spacial score (nSPS) is 32.8. The fourth-order valence-corrected chi connectivity index (χ4v) is 7.44. The minimum Gasteiger partial charge on any atom is -0.507 e. The van der Waals surface area contributed by atoms with Gasteiger partial charge in [-0.05, 0) is 37.9 Å². The molecule has 2 aliphatic heterocycles. The Kier molecular flexibility index (Phi) is 9.71. The zero-order valence-corrected chi connectivity index (χ0v) is 28.0. The van der Waals surface area contributed by atoms with Crippen molar-refractivity contribution in [3.8, 4) is 17.2 Å². The minimum absolute atomic E-state index is 0.00878. The van der Waals surface area contributed by atoms with E-state index in [1.807, 2.05) is 0 Å². The Hall–Kier alpha value is -4.77. The van der Waals surface area contributed by atoms with Gasteiger partial charge in [-0.25, -0.2) is 0 Å². The van der Waals surface area contributed by atoms with Crippen molar-refractivity contribution >= 4 is 17.3 Å². The van der Waals surface area contributed by atoms with Gasteiger partial charge in [0.15, 0.2) is 24.1 Å². The monoisotopic (exact) mass is 708 g/mol. The lowest BCUT2D eigenvalue weighted by Crippen LogP contribution is -2.53. The Bertz CT molecular complexity index is 1890. The highest BCUT2D eigenvalue weighted by molar-refractivity contribution is 6.31. The van der Waals surface area contributed by atoms with E-state index in [2.05, 4.69) is 20.1 Å². The van der Waals surface area contributed by atoms with Gasteiger partial charge in [-0.15, -0.1) is 0 Å². The minimum atomic E-state index is -2.11. The van der Waals surface area contributed by atoms with Crippen LogP contribution in [0.4, 0.5) is 0 Å². The van der Waals surface area contributed by atoms with Crippen molar-refractivity contribution in [2.24, 2.45) is 10.2 Å². The summed E-state index contributed by atoms with van der Waals surface area (Å²) in [5.41, 5.74) is 14.8. The number of aliphatic hydroxyl groups excluding tert-OH is 1. The van der Waals surface area contributed by atoms with Gasteiger partial charge in [-0.1, -0.05) is 22.4 Å². The van der Waals surface area contributed by atoms with Crippen LogP contribution < -0.4 is 4.74 Å². The highest BCUT2D eigenvalue weighted by Crippen LogP contribution is 2.52. The van der Waals surface area contributed by atoms with Crippen LogP contribution in [0.1, 0.15) is 89.1 Å². The number of phenols is 2. The second-order valence-electron chi connectivity index (χ2n) is 13.1. The number of carbonyl (C=O) groups excluding carboxylic acids is 3. The number of fused-ring (bicyclic) bond motifs is 3. The van der Waals surface area contributed by atoms with E-state index < -0.39 is 114 Å². The van der Waals surface area contributed by atoms with E-state index in [1.54, 1.807) is 13.8 Å². The average molecular weight is 709 g/mol. The molecule has 51 heavy (non-hydrogen) atoms. The second kappa shape index (κ2) is 13.7. The molecule has 2 unspecified atom stereocenters. The lowest BCUT2D eigenvalue weighted by Gasteiger charge is -2.44. The maximum absolute atomic E-state index is 13.9. The van der Waals surface area contributed by atoms with Crippen LogP contribution in [0.25, 0.3) is 20.9 Å². The molecule has 0 amide bonds. The zero-order chi connectivity index (χ0) is 36.9. The van der Waals surface area contributed by atoms with Crippen molar-refractivity contribution in [2.45, 2.75) is 107 Å². The third-order valence-corrected chi connectivity index (χ3v) is 10.1. The fraction of sp³-hybridized carbons (Fsp3) is 0.545. The van der Waals surface area contributed by atoms with Crippen LogP contribution in [0.5, 0.6) is 17.2 Å². The summed E-state index contributed by atoms with van der Waals surface area (Å²) in [6.45, 7) is 4.34. The second-order valence-corrected chi connectivity index (χ2v) is 13.1. The fourth-order valence-electron chi connectivity index (χ4n) is 7.44. The van der Waals surface area contributed by atoms with Gasteiger partial charge < -0.3 is 44.1 Å². The number of hydrogen-bond donors (Lipinski definition) is 4. The standard InChI is InChI=1S/C33H36N6O12/c1-12-27(41)17(36-38-34)8-22(48-12)51-32-13(2)49-21(9-18(32)37-39-35)50-20-11-33(46,14(3)40)10-16-24(20)31(45)26-25(29(16)43)28(42)15-6-5-7-19(47-4)23(15)30(26)44/h5-7,12-13,17-18,20-22,27,32,41,43,45-46H,8-11H2,1-4H3/t12-,13-,17?,18?,20-,21-,22-,27+,32+,33-/m0/s1. The number of carbonyl (C=O) groups is 3. The maximum Gasteiger partial charge on any atom is 0.202 e. The van der Waals surface area contributed by atoms with Crippen LogP contribution in [-0.4, -0.2) is 99.6 Å². The Morgan fingerprint density at radius 3 is 2.24 bits per heavy atom. The summed E-state index contributed by atoms with van der Waals surface area (Å²) in [7, 11) is 1.32. The van der Waals surface area contributed by atoms with Crippen LogP contribution in [0.2, 0.25) is 0 Å². The van der Waals surface area contributed by atoms with Crippen molar-refractivity contribution in [3.05, 3.63) is 72.5 Å². The van der Waals surface area contributed by atoms with Crippen LogP contribution in [0.3, 0.4) is 0 Å². The number of rotatable bonds is 8. The predicted octanol–water partition coefficient (Wildman–Crippen LogP) is 3.58. The van der Waals surface area contributed by atoms with Gasteiger partial charge in [0.1, 0.15) is 22.8 Å². The van der Waals surface area contributed by atoms with E-state index in [-0.39, 0.29) is 40.8 Å². The molecular formula is C33H36N6O12.